The van der Waals surface area contributed by atoms with E-state index < -0.39 is 5.54 Å². The van der Waals surface area contributed by atoms with Crippen LogP contribution in [0.5, 0.6) is 5.75 Å². The highest BCUT2D eigenvalue weighted by atomic mass is 16.5. The topological polar surface area (TPSA) is 89.8 Å². The summed E-state index contributed by atoms with van der Waals surface area (Å²) in [6, 6.07) is 10.8. The zero-order valence-electron chi connectivity index (χ0n) is 11.5. The van der Waals surface area contributed by atoms with Gasteiger partial charge in [-0.1, -0.05) is 12.1 Å². The summed E-state index contributed by atoms with van der Waals surface area (Å²) >= 11 is 0. The number of carbonyl (C=O) groups is 1. The van der Waals surface area contributed by atoms with Crippen molar-refractivity contribution in [1.82, 2.24) is 5.32 Å². The maximum absolute atomic E-state index is 12.4. The van der Waals surface area contributed by atoms with Crippen LogP contribution in [0.3, 0.4) is 0 Å². The van der Waals surface area contributed by atoms with Gasteiger partial charge in [-0.05, 0) is 29.8 Å². The standard InChI is InChI=1S/C15H15N3O3/c1-20-11-5-2-4-10(8-11)15(9-12-6-3-7-21-12)13(19)17-14(16)18-15/h2-8H,9H2,1H3,(H3,16,17,18,19). The molecule has 0 saturated heterocycles. The van der Waals surface area contributed by atoms with Crippen LogP contribution in [0.25, 0.3) is 0 Å². The van der Waals surface area contributed by atoms with Gasteiger partial charge in [0.1, 0.15) is 11.5 Å². The molecule has 0 saturated carbocycles. The minimum atomic E-state index is -1.13. The second-order valence-corrected chi connectivity index (χ2v) is 4.80. The van der Waals surface area contributed by atoms with Crippen LogP contribution in [-0.2, 0) is 16.8 Å². The zero-order chi connectivity index (χ0) is 14.9. The van der Waals surface area contributed by atoms with Crippen LogP contribution in [0.4, 0.5) is 0 Å². The number of aliphatic imine (C=N–C) groups is 1. The summed E-state index contributed by atoms with van der Waals surface area (Å²) in [5.41, 5.74) is 5.27. The summed E-state index contributed by atoms with van der Waals surface area (Å²) in [7, 11) is 1.57. The number of nitrogens with two attached hydrogens (primary N) is 1. The Balaban J connectivity index is 2.10. The number of nitrogens with one attached hydrogen (secondary N) is 1. The molecule has 2 aromatic rings. The van der Waals surface area contributed by atoms with Gasteiger partial charge in [0.05, 0.1) is 13.4 Å². The quantitative estimate of drug-likeness (QED) is 0.882. The van der Waals surface area contributed by atoms with E-state index in [4.69, 9.17) is 14.9 Å². The molecule has 3 N–H and O–H groups in total. The van der Waals surface area contributed by atoms with Gasteiger partial charge < -0.3 is 14.9 Å². The molecule has 1 aromatic heterocycles. The smallest absolute Gasteiger partial charge is 0.259 e. The Labute approximate surface area is 121 Å². The average molecular weight is 285 g/mol. The first kappa shape index (κ1) is 13.2. The van der Waals surface area contributed by atoms with Crippen molar-refractivity contribution in [1.29, 1.82) is 0 Å². The predicted molar refractivity (Wildman–Crippen MR) is 76.8 cm³/mol. The van der Waals surface area contributed by atoms with Gasteiger partial charge in [0.25, 0.3) is 5.91 Å². The van der Waals surface area contributed by atoms with Crippen LogP contribution in [0.1, 0.15) is 11.3 Å². The van der Waals surface area contributed by atoms with E-state index in [2.05, 4.69) is 10.3 Å². The van der Waals surface area contributed by atoms with Crippen molar-refractivity contribution < 1.29 is 13.9 Å². The maximum atomic E-state index is 12.4. The molecule has 6 nitrogen and oxygen atoms in total. The normalized spacial score (nSPS) is 21.0. The van der Waals surface area contributed by atoms with Crippen LogP contribution in [0, 0.1) is 0 Å². The molecule has 0 radical (unpaired) electrons. The largest absolute Gasteiger partial charge is 0.497 e. The SMILES string of the molecule is COc1cccc(C2(Cc3ccco3)N=C(N)NC2=O)c1. The molecule has 2 heterocycles. The summed E-state index contributed by atoms with van der Waals surface area (Å²) < 4.78 is 10.6. The second kappa shape index (κ2) is 4.97. The zero-order valence-corrected chi connectivity index (χ0v) is 11.5. The fourth-order valence-electron chi connectivity index (χ4n) is 2.47. The molecule has 1 atom stereocenters. The first-order chi connectivity index (χ1) is 10.1. The van der Waals surface area contributed by atoms with Crippen LogP contribution < -0.4 is 15.8 Å². The Morgan fingerprint density at radius 2 is 2.24 bits per heavy atom. The lowest BCUT2D eigenvalue weighted by Crippen LogP contribution is -2.40. The number of nitrogens with zero attached hydrogens (tertiary/aromatic N) is 1. The molecule has 108 valence electrons. The van der Waals surface area contributed by atoms with Gasteiger partial charge in [0, 0.05) is 6.42 Å². The number of hydrogen-bond donors (Lipinski definition) is 2. The molecule has 1 unspecified atom stereocenters. The summed E-state index contributed by atoms with van der Waals surface area (Å²) in [6.07, 6.45) is 1.86. The number of guanidine groups is 1. The number of hydrogen-bond acceptors (Lipinski definition) is 5. The number of methoxy groups -OCH3 is 1. The Kier molecular flexibility index (Phi) is 3.13. The molecule has 3 rings (SSSR count). The molecule has 0 spiro atoms. The van der Waals surface area contributed by atoms with Crippen LogP contribution >= 0.6 is 0 Å². The fraction of sp³-hybridized carbons (Fsp3) is 0.200. The number of furan rings is 1. The third-order valence-corrected chi connectivity index (χ3v) is 3.49. The molecule has 0 fully saturated rings. The number of rotatable bonds is 4. The first-order valence-electron chi connectivity index (χ1n) is 6.48. The van der Waals surface area contributed by atoms with Gasteiger partial charge in [-0.25, -0.2) is 4.99 Å². The number of carbonyl (C=O) groups excluding carboxylic acids is 1. The van der Waals surface area contributed by atoms with Gasteiger partial charge >= 0.3 is 0 Å². The van der Waals surface area contributed by atoms with Crippen LogP contribution in [0.15, 0.2) is 52.1 Å². The summed E-state index contributed by atoms with van der Waals surface area (Å²) in [6.45, 7) is 0. The Morgan fingerprint density at radius 3 is 2.86 bits per heavy atom. The highest BCUT2D eigenvalue weighted by Gasteiger charge is 2.45. The number of amides is 1. The van der Waals surface area contributed by atoms with Gasteiger partial charge in [0.2, 0.25) is 0 Å². The molecule has 1 aromatic carbocycles. The Bertz CT molecular complexity index is 694. The number of benzene rings is 1. The summed E-state index contributed by atoms with van der Waals surface area (Å²) in [4.78, 5) is 16.8. The number of ether oxygens (including phenoxy) is 1. The first-order valence-corrected chi connectivity index (χ1v) is 6.48. The van der Waals surface area contributed by atoms with Crippen molar-refractivity contribution in [2.75, 3.05) is 7.11 Å². The van der Waals surface area contributed by atoms with Crippen molar-refractivity contribution in [3.8, 4) is 5.75 Å². The van der Waals surface area contributed by atoms with E-state index in [1.807, 2.05) is 18.2 Å². The third kappa shape index (κ3) is 2.24. The van der Waals surface area contributed by atoms with Crippen molar-refractivity contribution >= 4 is 11.9 Å². The Hall–Kier alpha value is -2.76. The van der Waals surface area contributed by atoms with Crippen molar-refractivity contribution in [3.63, 3.8) is 0 Å². The molecule has 0 bridgehead atoms. The van der Waals surface area contributed by atoms with E-state index in [-0.39, 0.29) is 11.9 Å². The second-order valence-electron chi connectivity index (χ2n) is 4.80. The molecule has 1 aliphatic rings. The van der Waals surface area contributed by atoms with E-state index in [1.54, 1.807) is 31.6 Å². The summed E-state index contributed by atoms with van der Waals surface area (Å²) in [5.74, 6) is 1.14. The Morgan fingerprint density at radius 1 is 1.38 bits per heavy atom. The van der Waals surface area contributed by atoms with E-state index >= 15 is 0 Å². The lowest BCUT2D eigenvalue weighted by molar-refractivity contribution is -0.124. The molecule has 6 heteroatoms. The van der Waals surface area contributed by atoms with E-state index in [0.717, 1.165) is 0 Å². The average Bonchev–Trinajstić information content (AvgIpc) is 3.08. The lowest BCUT2D eigenvalue weighted by atomic mass is 9.86. The van der Waals surface area contributed by atoms with Crippen molar-refractivity contribution in [2.45, 2.75) is 12.0 Å². The molecular formula is C15H15N3O3. The van der Waals surface area contributed by atoms with Gasteiger partial charge in [-0.3, -0.25) is 10.1 Å². The molecule has 1 aliphatic heterocycles. The van der Waals surface area contributed by atoms with E-state index in [9.17, 15) is 4.79 Å². The molecule has 0 aliphatic carbocycles. The van der Waals surface area contributed by atoms with Crippen molar-refractivity contribution in [3.05, 3.63) is 54.0 Å². The lowest BCUT2D eigenvalue weighted by Gasteiger charge is -2.23. The van der Waals surface area contributed by atoms with Gasteiger partial charge in [0.15, 0.2) is 11.5 Å². The third-order valence-electron chi connectivity index (χ3n) is 3.49. The van der Waals surface area contributed by atoms with Crippen LogP contribution in [0.2, 0.25) is 0 Å². The van der Waals surface area contributed by atoms with E-state index in [0.29, 0.717) is 23.5 Å². The highest BCUT2D eigenvalue weighted by Crippen LogP contribution is 2.35. The minimum absolute atomic E-state index is 0.106. The van der Waals surface area contributed by atoms with Gasteiger partial charge in [-0.2, -0.15) is 0 Å². The molecule has 1 amide bonds. The van der Waals surface area contributed by atoms with E-state index in [1.165, 1.54) is 0 Å². The molecule has 21 heavy (non-hydrogen) atoms. The maximum Gasteiger partial charge on any atom is 0.259 e. The predicted octanol–water partition coefficient (Wildman–Crippen LogP) is 1.17. The molecular weight excluding hydrogens is 270 g/mol. The van der Waals surface area contributed by atoms with Gasteiger partial charge in [-0.15, -0.1) is 0 Å². The summed E-state index contributed by atoms with van der Waals surface area (Å²) in [5, 5.41) is 2.56. The fourth-order valence-corrected chi connectivity index (χ4v) is 2.47. The monoisotopic (exact) mass is 285 g/mol. The van der Waals surface area contributed by atoms with Crippen molar-refractivity contribution in [2.24, 2.45) is 10.7 Å². The highest BCUT2D eigenvalue weighted by molar-refractivity contribution is 6.07. The minimum Gasteiger partial charge on any atom is -0.497 e. The van der Waals surface area contributed by atoms with Crippen LogP contribution in [-0.4, -0.2) is 19.0 Å².